The summed E-state index contributed by atoms with van der Waals surface area (Å²) in [5.74, 6) is 0. The lowest BCUT2D eigenvalue weighted by Crippen LogP contribution is -1.47. The number of halogens is 1. The van der Waals surface area contributed by atoms with Crippen LogP contribution in [0.4, 0.5) is 0 Å². The molecule has 0 rings (SSSR count). The lowest BCUT2D eigenvalue weighted by atomic mass is 10.8. The smallest absolute Gasteiger partial charge is 0.0223 e. The first-order chi connectivity index (χ1) is 2.41. The fourth-order valence-corrected chi connectivity index (χ4v) is 0.567. The normalized spacial score (nSPS) is 9.80. The summed E-state index contributed by atoms with van der Waals surface area (Å²) in [7, 11) is 0. The van der Waals surface area contributed by atoms with Gasteiger partial charge in [0.2, 0.25) is 0 Å². The van der Waals surface area contributed by atoms with Gasteiger partial charge in [-0.3, -0.25) is 0 Å². The Hall–Kier alpha value is 0.440. The zero-order chi connectivity index (χ0) is 4.12. The molecule has 5 heavy (non-hydrogen) atoms. The van der Waals surface area contributed by atoms with Crippen molar-refractivity contribution >= 4 is 28.6 Å². The number of allylic oxidation sites excluding steroid dienone is 1. The van der Waals surface area contributed by atoms with Crippen LogP contribution in [-0.2, 0) is 0 Å². The summed E-state index contributed by atoms with van der Waals surface area (Å²) in [5.41, 5.74) is 0. The summed E-state index contributed by atoms with van der Waals surface area (Å²) in [5, 5.41) is 2.46. The number of alkyl halides is 1. The molecule has 0 aromatic carbocycles. The molecule has 1 radical (unpaired) electrons. The third kappa shape index (κ3) is 4.44. The Morgan fingerprint density at radius 2 is 2.40 bits per heavy atom. The van der Waals surface area contributed by atoms with E-state index in [2.05, 4.69) is 28.6 Å². The molecule has 0 unspecified atom stereocenters. The van der Waals surface area contributed by atoms with Crippen LogP contribution in [0, 0.1) is 0 Å². The second-order valence-electron chi connectivity index (χ2n) is 0.526. The molecule has 2 heteroatoms. The quantitative estimate of drug-likeness (QED) is 0.504. The van der Waals surface area contributed by atoms with Crippen LogP contribution in [0.25, 0.3) is 0 Å². The molecule has 0 amide bonds. The third-order valence-electron chi connectivity index (χ3n) is 0.185. The first-order valence-electron chi connectivity index (χ1n) is 1.24. The predicted octanol–water partition coefficient (Wildman–Crippen LogP) is 2.09. The minimum atomic E-state index is 0.872. The van der Waals surface area contributed by atoms with Crippen LogP contribution in [-0.4, -0.2) is 5.33 Å². The minimum Gasteiger partial charge on any atom is -0.0890 e. The third-order valence-corrected chi connectivity index (χ3v) is 0.752. The van der Waals surface area contributed by atoms with E-state index in [1.165, 1.54) is 0 Å². The number of hydrogen-bond acceptors (Lipinski definition) is 0. The van der Waals surface area contributed by atoms with E-state index in [4.69, 9.17) is 0 Å². The standard InChI is InChI=1S/C3H4BrS/c4-2-1-3-5/h1,3H,2H2/b3-1-. The molecule has 0 atom stereocenters. The van der Waals surface area contributed by atoms with Crippen molar-refractivity contribution in [2.24, 2.45) is 0 Å². The van der Waals surface area contributed by atoms with E-state index < -0.39 is 0 Å². The zero-order valence-electron chi connectivity index (χ0n) is 2.65. The monoisotopic (exact) mass is 151 g/mol. The molecular formula is C3H4BrS. The maximum atomic E-state index is 4.44. The summed E-state index contributed by atoms with van der Waals surface area (Å²) in [6, 6.07) is 0. The van der Waals surface area contributed by atoms with Gasteiger partial charge >= 0.3 is 0 Å². The first kappa shape index (κ1) is 5.44. The number of rotatable bonds is 1. The second-order valence-corrected chi connectivity index (χ2v) is 1.45. The molecule has 0 N–H and O–H groups in total. The van der Waals surface area contributed by atoms with Crippen molar-refractivity contribution < 1.29 is 0 Å². The highest BCUT2D eigenvalue weighted by molar-refractivity contribution is 9.09. The van der Waals surface area contributed by atoms with Crippen molar-refractivity contribution in [1.82, 2.24) is 0 Å². The van der Waals surface area contributed by atoms with Crippen molar-refractivity contribution in [2.45, 2.75) is 0 Å². The van der Waals surface area contributed by atoms with Crippen molar-refractivity contribution in [3.05, 3.63) is 11.5 Å². The Bertz CT molecular complexity index is 33.9. The van der Waals surface area contributed by atoms with Gasteiger partial charge in [-0.05, 0) is 5.41 Å². The summed E-state index contributed by atoms with van der Waals surface area (Å²) in [4.78, 5) is 0. The fraction of sp³-hybridized carbons (Fsp3) is 0.333. The van der Waals surface area contributed by atoms with Crippen LogP contribution in [0.3, 0.4) is 0 Å². The molecule has 0 fully saturated rings. The van der Waals surface area contributed by atoms with Gasteiger partial charge in [-0.2, -0.15) is 0 Å². The maximum Gasteiger partial charge on any atom is 0.0223 e. The van der Waals surface area contributed by atoms with Crippen LogP contribution in [0.1, 0.15) is 0 Å². The predicted molar refractivity (Wildman–Crippen MR) is 30.5 cm³/mol. The molecule has 0 heterocycles. The van der Waals surface area contributed by atoms with E-state index in [1.54, 1.807) is 5.41 Å². The molecule has 0 nitrogen and oxygen atoms in total. The van der Waals surface area contributed by atoms with Crippen LogP contribution < -0.4 is 0 Å². The Balaban J connectivity index is 2.62. The van der Waals surface area contributed by atoms with Gasteiger partial charge in [0.15, 0.2) is 0 Å². The van der Waals surface area contributed by atoms with Gasteiger partial charge in [0, 0.05) is 5.33 Å². The largest absolute Gasteiger partial charge is 0.0890 e. The zero-order valence-corrected chi connectivity index (χ0v) is 5.05. The van der Waals surface area contributed by atoms with Gasteiger partial charge in [0.1, 0.15) is 0 Å². The Morgan fingerprint density at radius 1 is 1.80 bits per heavy atom. The average Bonchev–Trinajstić information content (AvgIpc) is 1.41. The molecule has 0 aromatic rings. The van der Waals surface area contributed by atoms with E-state index in [1.807, 2.05) is 6.08 Å². The maximum absolute atomic E-state index is 4.44. The van der Waals surface area contributed by atoms with Crippen LogP contribution in [0.2, 0.25) is 0 Å². The summed E-state index contributed by atoms with van der Waals surface area (Å²) < 4.78 is 0. The van der Waals surface area contributed by atoms with Crippen molar-refractivity contribution in [3.8, 4) is 0 Å². The van der Waals surface area contributed by atoms with Crippen molar-refractivity contribution in [1.29, 1.82) is 0 Å². The summed E-state index contributed by atoms with van der Waals surface area (Å²) >= 11 is 7.60. The molecule has 0 saturated heterocycles. The highest BCUT2D eigenvalue weighted by Crippen LogP contribution is 1.81. The van der Waals surface area contributed by atoms with Gasteiger partial charge in [-0.25, -0.2) is 0 Å². The van der Waals surface area contributed by atoms with E-state index in [0.29, 0.717) is 0 Å². The van der Waals surface area contributed by atoms with E-state index in [0.717, 1.165) is 5.33 Å². The summed E-state index contributed by atoms with van der Waals surface area (Å²) in [6.45, 7) is 0. The van der Waals surface area contributed by atoms with Gasteiger partial charge < -0.3 is 0 Å². The highest BCUT2D eigenvalue weighted by atomic mass is 79.9. The van der Waals surface area contributed by atoms with E-state index >= 15 is 0 Å². The molecule has 0 spiro atoms. The molecule has 0 aliphatic rings. The second kappa shape index (κ2) is 4.44. The van der Waals surface area contributed by atoms with Crippen LogP contribution in [0.5, 0.6) is 0 Å². The lowest BCUT2D eigenvalue weighted by molar-refractivity contribution is 1.86. The molecule has 29 valence electrons. The molecular weight excluding hydrogens is 148 g/mol. The molecule has 0 aliphatic heterocycles. The Morgan fingerprint density at radius 3 is 2.40 bits per heavy atom. The Kier molecular flexibility index (Phi) is 4.83. The minimum absolute atomic E-state index is 0.872. The summed E-state index contributed by atoms with van der Waals surface area (Å²) in [6.07, 6.45) is 1.86. The van der Waals surface area contributed by atoms with Gasteiger partial charge in [0.25, 0.3) is 0 Å². The van der Waals surface area contributed by atoms with Gasteiger partial charge in [0.05, 0.1) is 0 Å². The molecule has 0 bridgehead atoms. The topological polar surface area (TPSA) is 0 Å². The van der Waals surface area contributed by atoms with Crippen molar-refractivity contribution in [3.63, 3.8) is 0 Å². The molecule has 0 aliphatic carbocycles. The SMILES string of the molecule is [S]/C=C\CBr. The highest BCUT2D eigenvalue weighted by Gasteiger charge is 1.55. The molecule has 0 saturated carbocycles. The van der Waals surface area contributed by atoms with E-state index in [-0.39, 0.29) is 0 Å². The van der Waals surface area contributed by atoms with Crippen molar-refractivity contribution in [2.75, 3.05) is 5.33 Å². The van der Waals surface area contributed by atoms with Gasteiger partial charge in [-0.1, -0.05) is 34.6 Å². The van der Waals surface area contributed by atoms with E-state index in [9.17, 15) is 0 Å². The molecule has 0 aromatic heterocycles. The first-order valence-corrected chi connectivity index (χ1v) is 2.84. The fourth-order valence-electron chi connectivity index (χ4n) is 0.0364. The Labute approximate surface area is 45.8 Å². The van der Waals surface area contributed by atoms with Crippen LogP contribution in [0.15, 0.2) is 11.5 Å². The number of hydrogen-bond donors (Lipinski definition) is 0. The van der Waals surface area contributed by atoms with Gasteiger partial charge in [-0.15, -0.1) is 0 Å². The van der Waals surface area contributed by atoms with Crippen LogP contribution >= 0.6 is 28.6 Å². The average molecular weight is 152 g/mol. The lowest BCUT2D eigenvalue weighted by Gasteiger charge is -1.61.